The lowest BCUT2D eigenvalue weighted by Gasteiger charge is -2.37. The highest BCUT2D eigenvalue weighted by Crippen LogP contribution is 2.25. The minimum Gasteiger partial charge on any atom is -0.491 e. The zero-order valence-electron chi connectivity index (χ0n) is 15.2. The molecule has 2 N–H and O–H groups in total. The first kappa shape index (κ1) is 19.2. The molecule has 0 unspecified atom stereocenters. The van der Waals surface area contributed by atoms with Gasteiger partial charge in [-0.05, 0) is 30.4 Å². The van der Waals surface area contributed by atoms with E-state index in [4.69, 9.17) is 4.74 Å². The van der Waals surface area contributed by atoms with Gasteiger partial charge in [-0.25, -0.2) is 0 Å². The summed E-state index contributed by atoms with van der Waals surface area (Å²) in [5.74, 6) is 0.593. The van der Waals surface area contributed by atoms with Gasteiger partial charge >= 0.3 is 0 Å². The lowest BCUT2D eigenvalue weighted by atomic mass is 9.92. The van der Waals surface area contributed by atoms with Gasteiger partial charge in [-0.3, -0.25) is 9.59 Å². The van der Waals surface area contributed by atoms with Crippen LogP contribution in [0.3, 0.4) is 0 Å². The van der Waals surface area contributed by atoms with Crippen LogP contribution in [-0.4, -0.2) is 53.7 Å². The molecule has 25 heavy (non-hydrogen) atoms. The molecule has 2 amide bonds. The molecule has 138 valence electrons. The number of β-amino-alcohol motifs (C(OH)–C–C–N with tert-alkyl or cyclic N) is 1. The van der Waals surface area contributed by atoms with E-state index in [2.05, 4.69) is 19.2 Å². The molecule has 1 aliphatic heterocycles. The minimum absolute atomic E-state index is 0.0468. The van der Waals surface area contributed by atoms with Crippen LogP contribution < -0.4 is 10.1 Å². The molecule has 0 spiro atoms. The van der Waals surface area contributed by atoms with E-state index in [1.54, 1.807) is 0 Å². The molecule has 1 atom stereocenters. The monoisotopic (exact) mass is 348 g/mol. The highest BCUT2D eigenvalue weighted by atomic mass is 16.5. The van der Waals surface area contributed by atoms with Crippen molar-refractivity contribution in [2.45, 2.75) is 45.1 Å². The number of hydrogen-bond donors (Lipinski definition) is 2. The van der Waals surface area contributed by atoms with E-state index in [9.17, 15) is 14.7 Å². The van der Waals surface area contributed by atoms with Crippen LogP contribution in [0.15, 0.2) is 24.3 Å². The van der Waals surface area contributed by atoms with Crippen LogP contribution in [-0.2, 0) is 9.59 Å². The summed E-state index contributed by atoms with van der Waals surface area (Å²) in [6.45, 7) is 6.90. The fourth-order valence-electron chi connectivity index (χ4n) is 3.07. The van der Waals surface area contributed by atoms with Gasteiger partial charge in [0, 0.05) is 13.5 Å². The van der Waals surface area contributed by atoms with Crippen molar-refractivity contribution in [1.82, 2.24) is 10.2 Å². The molecule has 0 saturated carbocycles. The third kappa shape index (κ3) is 4.95. The number of carbonyl (C=O) groups is 2. The van der Waals surface area contributed by atoms with Gasteiger partial charge in [-0.1, -0.05) is 32.0 Å². The molecular weight excluding hydrogens is 320 g/mol. The molecule has 0 aromatic heterocycles. The minimum atomic E-state index is -1.51. The Morgan fingerprint density at radius 1 is 1.36 bits per heavy atom. The van der Waals surface area contributed by atoms with Gasteiger partial charge in [0.1, 0.15) is 12.4 Å². The van der Waals surface area contributed by atoms with E-state index in [-0.39, 0.29) is 12.5 Å². The molecule has 2 rings (SSSR count). The maximum absolute atomic E-state index is 12.3. The van der Waals surface area contributed by atoms with Crippen molar-refractivity contribution in [3.8, 4) is 5.75 Å². The van der Waals surface area contributed by atoms with Gasteiger partial charge in [0.15, 0.2) is 5.60 Å². The highest BCUT2D eigenvalue weighted by Gasteiger charge is 2.40. The number of benzene rings is 1. The third-order valence-corrected chi connectivity index (χ3v) is 4.53. The predicted octanol–water partition coefficient (Wildman–Crippen LogP) is 1.68. The number of nitrogens with one attached hydrogen (secondary N) is 1. The fourth-order valence-corrected chi connectivity index (χ4v) is 3.07. The average molecular weight is 348 g/mol. The lowest BCUT2D eigenvalue weighted by Crippen LogP contribution is -2.58. The maximum Gasteiger partial charge on any atom is 0.253 e. The molecule has 0 radical (unpaired) electrons. The van der Waals surface area contributed by atoms with Crippen LogP contribution in [0.25, 0.3) is 0 Å². The molecule has 1 aliphatic rings. The van der Waals surface area contributed by atoms with Crippen LogP contribution in [0.2, 0.25) is 0 Å². The van der Waals surface area contributed by atoms with E-state index in [1.165, 1.54) is 11.8 Å². The van der Waals surface area contributed by atoms with Crippen molar-refractivity contribution in [2.75, 3.05) is 26.2 Å². The van der Waals surface area contributed by atoms with Gasteiger partial charge in [0.25, 0.3) is 5.91 Å². The predicted molar refractivity (Wildman–Crippen MR) is 95.5 cm³/mol. The van der Waals surface area contributed by atoms with E-state index in [0.29, 0.717) is 38.5 Å². The van der Waals surface area contributed by atoms with Crippen molar-refractivity contribution >= 4 is 11.8 Å². The second kappa shape index (κ2) is 8.34. The van der Waals surface area contributed by atoms with Crippen molar-refractivity contribution in [3.05, 3.63) is 29.8 Å². The van der Waals surface area contributed by atoms with Gasteiger partial charge in [0.05, 0.1) is 13.1 Å². The topological polar surface area (TPSA) is 78.9 Å². The normalized spacial score (nSPS) is 20.4. The van der Waals surface area contributed by atoms with Crippen molar-refractivity contribution in [3.63, 3.8) is 0 Å². The number of aliphatic hydroxyl groups is 1. The third-order valence-electron chi connectivity index (χ3n) is 4.53. The van der Waals surface area contributed by atoms with E-state index in [1.807, 2.05) is 24.3 Å². The summed E-state index contributed by atoms with van der Waals surface area (Å²) in [5.41, 5.74) is -0.392. The zero-order valence-corrected chi connectivity index (χ0v) is 15.2. The molecule has 1 aromatic carbocycles. The van der Waals surface area contributed by atoms with E-state index in [0.717, 1.165) is 11.3 Å². The number of piperidine rings is 1. The van der Waals surface area contributed by atoms with Gasteiger partial charge in [0.2, 0.25) is 5.91 Å². The van der Waals surface area contributed by atoms with Crippen molar-refractivity contribution in [2.24, 2.45) is 0 Å². The molecule has 0 bridgehead atoms. The first-order chi connectivity index (χ1) is 11.8. The number of likely N-dealkylation sites (tertiary alicyclic amines) is 1. The number of rotatable bonds is 6. The molecule has 1 aromatic rings. The standard InChI is InChI=1S/C19H28N2O4/c1-14(2)16-7-4-5-8-17(16)25-12-10-20-18(23)19(24)9-6-11-21(13-19)15(3)22/h4-5,7-8,14,24H,6,9-13H2,1-3H3,(H,20,23)/t19-/m0/s1. The van der Waals surface area contributed by atoms with Crippen molar-refractivity contribution in [1.29, 1.82) is 0 Å². The SMILES string of the molecule is CC(=O)N1CCC[C@@](O)(C(=O)NCCOc2ccccc2C(C)C)C1. The number of para-hydroxylation sites is 1. The Morgan fingerprint density at radius 2 is 2.08 bits per heavy atom. The Labute approximate surface area is 149 Å². The van der Waals surface area contributed by atoms with Crippen LogP contribution >= 0.6 is 0 Å². The van der Waals surface area contributed by atoms with Crippen LogP contribution in [0, 0.1) is 0 Å². The number of carbonyl (C=O) groups excluding carboxylic acids is 2. The summed E-state index contributed by atoms with van der Waals surface area (Å²) < 4.78 is 5.77. The van der Waals surface area contributed by atoms with Gasteiger partial charge in [-0.15, -0.1) is 0 Å². The maximum atomic E-state index is 12.3. The zero-order chi connectivity index (χ0) is 18.4. The Morgan fingerprint density at radius 3 is 2.76 bits per heavy atom. The summed E-state index contributed by atoms with van der Waals surface area (Å²) in [5, 5.41) is 13.3. The fraction of sp³-hybridized carbons (Fsp3) is 0.579. The summed E-state index contributed by atoms with van der Waals surface area (Å²) in [6.07, 6.45) is 0.974. The average Bonchev–Trinajstić information content (AvgIpc) is 2.58. The van der Waals surface area contributed by atoms with Crippen LogP contribution in [0.1, 0.15) is 45.1 Å². The van der Waals surface area contributed by atoms with Crippen LogP contribution in [0.4, 0.5) is 0 Å². The molecule has 1 saturated heterocycles. The number of nitrogens with zero attached hydrogens (tertiary/aromatic N) is 1. The van der Waals surface area contributed by atoms with E-state index < -0.39 is 11.5 Å². The first-order valence-electron chi connectivity index (χ1n) is 8.81. The molecular formula is C19H28N2O4. The smallest absolute Gasteiger partial charge is 0.253 e. The number of amides is 2. The summed E-state index contributed by atoms with van der Waals surface area (Å²) in [4.78, 5) is 25.3. The van der Waals surface area contributed by atoms with Crippen molar-refractivity contribution < 1.29 is 19.4 Å². The summed E-state index contributed by atoms with van der Waals surface area (Å²) >= 11 is 0. The lowest BCUT2D eigenvalue weighted by molar-refractivity contribution is -0.150. The second-order valence-corrected chi connectivity index (χ2v) is 6.87. The van der Waals surface area contributed by atoms with Crippen LogP contribution in [0.5, 0.6) is 5.75 Å². The highest BCUT2D eigenvalue weighted by molar-refractivity contribution is 5.86. The Kier molecular flexibility index (Phi) is 6.42. The molecule has 1 heterocycles. The molecule has 0 aliphatic carbocycles. The quantitative estimate of drug-likeness (QED) is 0.767. The molecule has 6 heteroatoms. The van der Waals surface area contributed by atoms with E-state index >= 15 is 0 Å². The van der Waals surface area contributed by atoms with Gasteiger partial charge < -0.3 is 20.1 Å². The summed E-state index contributed by atoms with van der Waals surface area (Å²) in [7, 11) is 0. The Hall–Kier alpha value is -2.08. The molecule has 1 fully saturated rings. The summed E-state index contributed by atoms with van der Waals surface area (Å²) in [6, 6.07) is 7.83. The largest absolute Gasteiger partial charge is 0.491 e. The Bertz CT molecular complexity index is 617. The second-order valence-electron chi connectivity index (χ2n) is 6.87. The Balaban J connectivity index is 1.83. The number of hydrogen-bond acceptors (Lipinski definition) is 4. The number of ether oxygens (including phenoxy) is 1. The van der Waals surface area contributed by atoms with Gasteiger partial charge in [-0.2, -0.15) is 0 Å². The molecule has 6 nitrogen and oxygen atoms in total. The first-order valence-corrected chi connectivity index (χ1v) is 8.81.